The molecule has 1 heterocycles. The van der Waals surface area contributed by atoms with Crippen LogP contribution in [0.2, 0.25) is 0 Å². The van der Waals surface area contributed by atoms with Crippen LogP contribution in [-0.4, -0.2) is 55.9 Å². The van der Waals surface area contributed by atoms with Gasteiger partial charge in [0.2, 0.25) is 0 Å². The molecule has 0 amide bonds. The number of rotatable bonds is 5. The molecule has 0 aromatic carbocycles. The van der Waals surface area contributed by atoms with Gasteiger partial charge in [0.1, 0.15) is 5.78 Å². The van der Waals surface area contributed by atoms with E-state index in [2.05, 4.69) is 23.9 Å². The van der Waals surface area contributed by atoms with E-state index in [1.165, 1.54) is 32.2 Å². The van der Waals surface area contributed by atoms with Crippen molar-refractivity contribution < 1.29 is 4.79 Å². The maximum atomic E-state index is 12.1. The van der Waals surface area contributed by atoms with E-state index in [1.807, 2.05) is 0 Å². The van der Waals surface area contributed by atoms with Gasteiger partial charge in [0.05, 0.1) is 6.54 Å². The number of likely N-dealkylation sites (tertiary alicyclic amines) is 1. The first kappa shape index (κ1) is 14.0. The Hall–Kier alpha value is -0.410. The van der Waals surface area contributed by atoms with E-state index in [-0.39, 0.29) is 0 Å². The van der Waals surface area contributed by atoms with Gasteiger partial charge in [0.15, 0.2) is 0 Å². The van der Waals surface area contributed by atoms with E-state index < -0.39 is 0 Å². The van der Waals surface area contributed by atoms with Crippen molar-refractivity contribution in [2.45, 2.75) is 38.5 Å². The highest BCUT2D eigenvalue weighted by atomic mass is 16.1. The molecule has 0 unspecified atom stereocenters. The third kappa shape index (κ3) is 4.06. The highest BCUT2D eigenvalue weighted by Gasteiger charge is 2.26. The highest BCUT2D eigenvalue weighted by Crippen LogP contribution is 2.26. The largest absolute Gasteiger partial charge is 0.309 e. The zero-order chi connectivity index (χ0) is 13.0. The predicted molar refractivity (Wildman–Crippen MR) is 74.7 cm³/mol. The zero-order valence-electron chi connectivity index (χ0n) is 12.0. The van der Waals surface area contributed by atoms with Crippen LogP contribution in [0.1, 0.15) is 38.5 Å². The Bertz CT molecular complexity index is 264. The minimum absolute atomic E-state index is 0.393. The molecule has 18 heavy (non-hydrogen) atoms. The first-order valence-corrected chi connectivity index (χ1v) is 7.55. The smallest absolute Gasteiger partial charge is 0.149 e. The van der Waals surface area contributed by atoms with E-state index in [1.54, 1.807) is 0 Å². The third-order valence-electron chi connectivity index (χ3n) is 4.52. The van der Waals surface area contributed by atoms with Crippen LogP contribution in [0.5, 0.6) is 0 Å². The Kier molecular flexibility index (Phi) is 5.19. The minimum Gasteiger partial charge on any atom is -0.309 e. The lowest BCUT2D eigenvalue weighted by Crippen LogP contribution is -2.40. The Morgan fingerprint density at radius 1 is 1.11 bits per heavy atom. The quantitative estimate of drug-likeness (QED) is 0.748. The summed E-state index contributed by atoms with van der Waals surface area (Å²) >= 11 is 0. The number of ketones is 1. The van der Waals surface area contributed by atoms with E-state index in [4.69, 9.17) is 0 Å². The van der Waals surface area contributed by atoms with E-state index in [0.29, 0.717) is 11.7 Å². The third-order valence-corrected chi connectivity index (χ3v) is 4.52. The molecule has 3 heteroatoms. The molecule has 0 N–H and O–H groups in total. The van der Waals surface area contributed by atoms with Gasteiger partial charge in [-0.25, -0.2) is 0 Å². The van der Waals surface area contributed by atoms with Crippen LogP contribution in [0.15, 0.2) is 0 Å². The summed E-state index contributed by atoms with van der Waals surface area (Å²) in [5.41, 5.74) is 0. The van der Waals surface area contributed by atoms with Gasteiger partial charge >= 0.3 is 0 Å². The lowest BCUT2D eigenvalue weighted by Gasteiger charge is -2.33. The molecule has 0 spiro atoms. The van der Waals surface area contributed by atoms with Gasteiger partial charge in [-0.05, 0) is 58.8 Å². The Morgan fingerprint density at radius 2 is 1.72 bits per heavy atom. The number of carbonyl (C=O) groups is 1. The fraction of sp³-hybridized carbons (Fsp3) is 0.933. The number of nitrogens with zero attached hydrogens (tertiary/aromatic N) is 2. The maximum Gasteiger partial charge on any atom is 0.149 e. The van der Waals surface area contributed by atoms with Crippen molar-refractivity contribution in [1.82, 2.24) is 9.80 Å². The molecular weight excluding hydrogens is 224 g/mol. The second-order valence-corrected chi connectivity index (χ2v) is 6.43. The van der Waals surface area contributed by atoms with Crippen LogP contribution in [0.25, 0.3) is 0 Å². The summed E-state index contributed by atoms with van der Waals surface area (Å²) in [6.07, 6.45) is 7.35. The molecule has 2 aliphatic rings. The van der Waals surface area contributed by atoms with Crippen molar-refractivity contribution in [3.05, 3.63) is 0 Å². The van der Waals surface area contributed by atoms with Gasteiger partial charge in [-0.15, -0.1) is 0 Å². The molecule has 1 aliphatic heterocycles. The summed E-state index contributed by atoms with van der Waals surface area (Å²) in [6, 6.07) is 0. The van der Waals surface area contributed by atoms with Crippen LogP contribution in [0.3, 0.4) is 0 Å². The van der Waals surface area contributed by atoms with Crippen LogP contribution in [0.4, 0.5) is 0 Å². The van der Waals surface area contributed by atoms with E-state index in [0.717, 1.165) is 38.4 Å². The molecule has 2 fully saturated rings. The van der Waals surface area contributed by atoms with Gasteiger partial charge < -0.3 is 4.90 Å². The topological polar surface area (TPSA) is 23.6 Å². The molecule has 1 aliphatic carbocycles. The molecule has 104 valence electrons. The molecule has 1 saturated carbocycles. The normalized spacial score (nSPS) is 23.9. The second kappa shape index (κ2) is 6.67. The first-order chi connectivity index (χ1) is 8.65. The highest BCUT2D eigenvalue weighted by molar-refractivity contribution is 5.83. The van der Waals surface area contributed by atoms with Gasteiger partial charge in [-0.3, -0.25) is 9.69 Å². The van der Waals surface area contributed by atoms with Crippen molar-refractivity contribution >= 4 is 5.78 Å². The molecular formula is C15H28N2O. The van der Waals surface area contributed by atoms with Crippen LogP contribution < -0.4 is 0 Å². The van der Waals surface area contributed by atoms with Crippen molar-refractivity contribution in [3.8, 4) is 0 Å². The fourth-order valence-electron chi connectivity index (χ4n) is 3.44. The van der Waals surface area contributed by atoms with E-state index >= 15 is 0 Å². The standard InChI is InChI=1S/C15H28N2O/c1-16(2)11-13-7-9-17(10-8-13)12-15(18)14-5-3-4-6-14/h13-14H,3-12H2,1-2H3. The molecule has 0 atom stereocenters. The summed E-state index contributed by atoms with van der Waals surface area (Å²) in [7, 11) is 4.30. The average molecular weight is 252 g/mol. The molecule has 0 bridgehead atoms. The van der Waals surface area contributed by atoms with Crippen LogP contribution >= 0.6 is 0 Å². The number of hydrogen-bond donors (Lipinski definition) is 0. The lowest BCUT2D eigenvalue weighted by atomic mass is 9.95. The molecule has 2 rings (SSSR count). The summed E-state index contributed by atoms with van der Waals surface area (Å²) in [6.45, 7) is 4.16. The predicted octanol–water partition coefficient (Wildman–Crippen LogP) is 2.02. The second-order valence-electron chi connectivity index (χ2n) is 6.43. The van der Waals surface area contributed by atoms with Gasteiger partial charge in [0, 0.05) is 12.5 Å². The summed E-state index contributed by atoms with van der Waals surface area (Å²) in [5.74, 6) is 1.74. The Labute approximate surface area is 112 Å². The minimum atomic E-state index is 0.393. The number of carbonyl (C=O) groups excluding carboxylic acids is 1. The summed E-state index contributed by atoms with van der Waals surface area (Å²) in [5, 5.41) is 0. The van der Waals surface area contributed by atoms with Gasteiger partial charge in [-0.2, -0.15) is 0 Å². The van der Waals surface area contributed by atoms with Crippen molar-refractivity contribution in [3.63, 3.8) is 0 Å². The molecule has 1 saturated heterocycles. The average Bonchev–Trinajstić information content (AvgIpc) is 2.84. The number of piperidine rings is 1. The van der Waals surface area contributed by atoms with Crippen LogP contribution in [0, 0.1) is 11.8 Å². The lowest BCUT2D eigenvalue weighted by molar-refractivity contribution is -0.124. The van der Waals surface area contributed by atoms with E-state index in [9.17, 15) is 4.79 Å². The summed E-state index contributed by atoms with van der Waals surface area (Å²) in [4.78, 5) is 16.8. The Morgan fingerprint density at radius 3 is 2.28 bits per heavy atom. The van der Waals surface area contributed by atoms with Crippen molar-refractivity contribution in [1.29, 1.82) is 0 Å². The monoisotopic (exact) mass is 252 g/mol. The molecule has 3 nitrogen and oxygen atoms in total. The van der Waals surface area contributed by atoms with Crippen molar-refractivity contribution in [2.24, 2.45) is 11.8 Å². The number of Topliss-reactive ketones (excluding diaryl/α,β-unsaturated/α-hetero) is 1. The van der Waals surface area contributed by atoms with Crippen LogP contribution in [-0.2, 0) is 4.79 Å². The maximum absolute atomic E-state index is 12.1. The first-order valence-electron chi connectivity index (χ1n) is 7.55. The Balaban J connectivity index is 1.68. The van der Waals surface area contributed by atoms with Crippen molar-refractivity contribution in [2.75, 3.05) is 40.3 Å². The van der Waals surface area contributed by atoms with Gasteiger partial charge in [0.25, 0.3) is 0 Å². The van der Waals surface area contributed by atoms with Gasteiger partial charge in [-0.1, -0.05) is 12.8 Å². The molecule has 0 aromatic heterocycles. The number of hydrogen-bond acceptors (Lipinski definition) is 3. The molecule has 0 aromatic rings. The SMILES string of the molecule is CN(C)CC1CCN(CC(=O)C2CCCC2)CC1. The summed E-state index contributed by atoms with van der Waals surface area (Å²) < 4.78 is 0. The fourth-order valence-corrected chi connectivity index (χ4v) is 3.44. The molecule has 0 radical (unpaired) electrons. The zero-order valence-corrected chi connectivity index (χ0v) is 12.0.